The van der Waals surface area contributed by atoms with Crippen molar-refractivity contribution in [3.05, 3.63) is 23.9 Å². The third-order valence-electron chi connectivity index (χ3n) is 6.65. The highest BCUT2D eigenvalue weighted by atomic mass is 19.1. The first-order valence-electron chi connectivity index (χ1n) is 11.0. The summed E-state index contributed by atoms with van der Waals surface area (Å²) in [4.78, 5) is 31.3. The average molecular weight is 430 g/mol. The maximum absolute atomic E-state index is 14.0. The van der Waals surface area contributed by atoms with Crippen molar-refractivity contribution in [3.8, 4) is 0 Å². The molecule has 1 N–H and O–H groups in total. The molecule has 10 heteroatoms. The van der Waals surface area contributed by atoms with Crippen LogP contribution < -0.4 is 10.2 Å². The second-order valence-corrected chi connectivity index (χ2v) is 9.45. The summed E-state index contributed by atoms with van der Waals surface area (Å²) in [5.41, 5.74) is -0.0768. The number of aromatic nitrogens is 5. The molecule has 166 valence electrons. The fourth-order valence-electron chi connectivity index (χ4n) is 4.74. The number of alkyl halides is 1. The van der Waals surface area contributed by atoms with Crippen LogP contribution in [0.2, 0.25) is 0 Å². The number of carbonyl (C=O) groups excluding carboxylic acids is 2. The number of nitrogens with one attached hydrogen (secondary N) is 1. The molecule has 3 aliphatic rings. The van der Waals surface area contributed by atoms with Crippen molar-refractivity contribution in [1.82, 2.24) is 29.9 Å². The molecule has 0 saturated heterocycles. The van der Waals surface area contributed by atoms with Crippen molar-refractivity contribution in [3.63, 3.8) is 0 Å². The van der Waals surface area contributed by atoms with Crippen LogP contribution in [0.15, 0.2) is 12.4 Å². The first-order valence-corrected chi connectivity index (χ1v) is 11.0. The number of nitrogens with zero attached hydrogens (tertiary/aromatic N) is 6. The van der Waals surface area contributed by atoms with Crippen LogP contribution in [0.5, 0.6) is 0 Å². The van der Waals surface area contributed by atoms with E-state index >= 15 is 0 Å². The molecule has 5 rings (SSSR count). The van der Waals surface area contributed by atoms with E-state index in [4.69, 9.17) is 0 Å². The van der Waals surface area contributed by atoms with Crippen LogP contribution in [0.4, 0.5) is 10.2 Å². The molecule has 0 spiro atoms. The molecule has 3 atom stereocenters. The molecule has 3 heterocycles. The van der Waals surface area contributed by atoms with E-state index in [2.05, 4.69) is 20.5 Å². The van der Waals surface area contributed by atoms with Crippen LogP contribution in [0.25, 0.3) is 0 Å². The van der Waals surface area contributed by atoms with Gasteiger partial charge in [0.1, 0.15) is 23.9 Å². The molecule has 2 aliphatic carbocycles. The van der Waals surface area contributed by atoms with E-state index in [0.717, 1.165) is 30.8 Å². The Hall–Kier alpha value is -2.78. The highest BCUT2D eigenvalue weighted by molar-refractivity contribution is 6.00. The summed E-state index contributed by atoms with van der Waals surface area (Å²) in [6.07, 6.45) is 6.10. The zero-order valence-corrected chi connectivity index (χ0v) is 17.9. The molecule has 2 fully saturated rings. The number of hydrogen-bond acceptors (Lipinski definition) is 5. The molecular formula is C21H28FN7O2. The molecule has 2 amide bonds. The molecule has 2 aromatic rings. The Bertz CT molecular complexity index is 1010. The van der Waals surface area contributed by atoms with Crippen LogP contribution in [-0.4, -0.2) is 55.1 Å². The van der Waals surface area contributed by atoms with E-state index in [9.17, 15) is 14.0 Å². The first kappa shape index (κ1) is 20.1. The summed E-state index contributed by atoms with van der Waals surface area (Å²) in [6.45, 7) is 2.72. The Kier molecular flexibility index (Phi) is 4.82. The number of aryl methyl sites for hydroxylation is 1. The van der Waals surface area contributed by atoms with E-state index in [-0.39, 0.29) is 17.6 Å². The fourth-order valence-corrected chi connectivity index (χ4v) is 4.74. The monoisotopic (exact) mass is 429 g/mol. The van der Waals surface area contributed by atoms with Gasteiger partial charge in [-0.1, -0.05) is 0 Å². The molecular weight excluding hydrogens is 401 g/mol. The fraction of sp³-hybridized carbons (Fsp3) is 0.667. The van der Waals surface area contributed by atoms with E-state index in [0.29, 0.717) is 38.3 Å². The van der Waals surface area contributed by atoms with Crippen molar-refractivity contribution in [2.75, 3.05) is 11.9 Å². The maximum atomic E-state index is 14.0. The van der Waals surface area contributed by atoms with Crippen molar-refractivity contribution in [2.45, 2.75) is 76.2 Å². The third kappa shape index (κ3) is 4.07. The van der Waals surface area contributed by atoms with Crippen LogP contribution in [0.1, 0.15) is 67.7 Å². The Morgan fingerprint density at radius 1 is 1.29 bits per heavy atom. The topological polar surface area (TPSA) is 97.9 Å². The van der Waals surface area contributed by atoms with Gasteiger partial charge in [0, 0.05) is 32.1 Å². The smallest absolute Gasteiger partial charge is 0.291 e. The van der Waals surface area contributed by atoms with Gasteiger partial charge in [0.15, 0.2) is 0 Å². The SMILES string of the molecule is CN1C(=O)[C@@H](NC(=O)c2ncn(CC3CCC(C)(F)C3)n2)CCn2nc(C3CC3)cc21. The minimum absolute atomic E-state index is 0.0227. The van der Waals surface area contributed by atoms with Gasteiger partial charge in [0.2, 0.25) is 5.82 Å². The molecule has 0 bridgehead atoms. The van der Waals surface area contributed by atoms with Crippen LogP contribution in [0, 0.1) is 5.92 Å². The summed E-state index contributed by atoms with van der Waals surface area (Å²) in [6, 6.07) is 1.31. The predicted molar refractivity (Wildman–Crippen MR) is 110 cm³/mol. The molecule has 31 heavy (non-hydrogen) atoms. The van der Waals surface area contributed by atoms with Crippen LogP contribution in [-0.2, 0) is 17.9 Å². The Morgan fingerprint density at radius 3 is 2.81 bits per heavy atom. The average Bonchev–Trinajstić information content (AvgIpc) is 3.19. The lowest BCUT2D eigenvalue weighted by atomic mass is 10.0. The highest BCUT2D eigenvalue weighted by Crippen LogP contribution is 2.41. The van der Waals surface area contributed by atoms with Crippen molar-refractivity contribution < 1.29 is 14.0 Å². The predicted octanol–water partition coefficient (Wildman–Crippen LogP) is 2.05. The quantitative estimate of drug-likeness (QED) is 0.784. The number of fused-ring (bicyclic) bond motifs is 1. The lowest BCUT2D eigenvalue weighted by molar-refractivity contribution is -0.120. The lowest BCUT2D eigenvalue weighted by Crippen LogP contribution is -2.47. The van der Waals surface area contributed by atoms with Crippen LogP contribution in [0.3, 0.4) is 0 Å². The van der Waals surface area contributed by atoms with E-state index in [1.807, 2.05) is 10.7 Å². The van der Waals surface area contributed by atoms with Gasteiger partial charge in [-0.15, -0.1) is 5.10 Å². The Morgan fingerprint density at radius 2 is 2.10 bits per heavy atom. The number of halogens is 1. The van der Waals surface area contributed by atoms with Gasteiger partial charge in [-0.2, -0.15) is 5.10 Å². The second-order valence-electron chi connectivity index (χ2n) is 9.45. The summed E-state index contributed by atoms with van der Waals surface area (Å²) < 4.78 is 17.5. The van der Waals surface area contributed by atoms with E-state index < -0.39 is 17.6 Å². The summed E-state index contributed by atoms with van der Waals surface area (Å²) in [7, 11) is 1.71. The van der Waals surface area contributed by atoms with Gasteiger partial charge >= 0.3 is 0 Å². The minimum Gasteiger partial charge on any atom is -0.337 e. The maximum Gasteiger partial charge on any atom is 0.291 e. The number of carbonyl (C=O) groups is 2. The molecule has 0 radical (unpaired) electrons. The van der Waals surface area contributed by atoms with Crippen molar-refractivity contribution in [2.24, 2.45) is 5.92 Å². The number of hydrogen-bond donors (Lipinski definition) is 1. The molecule has 0 aromatic carbocycles. The summed E-state index contributed by atoms with van der Waals surface area (Å²) >= 11 is 0. The van der Waals surface area contributed by atoms with Crippen molar-refractivity contribution in [1.29, 1.82) is 0 Å². The highest BCUT2D eigenvalue weighted by Gasteiger charge is 2.36. The summed E-state index contributed by atoms with van der Waals surface area (Å²) in [5.74, 6) is 0.833. The van der Waals surface area contributed by atoms with Gasteiger partial charge in [0.25, 0.3) is 11.8 Å². The van der Waals surface area contributed by atoms with E-state index in [1.165, 1.54) is 6.33 Å². The van der Waals surface area contributed by atoms with Gasteiger partial charge in [-0.3, -0.25) is 19.2 Å². The second kappa shape index (κ2) is 7.42. The Balaban J connectivity index is 1.22. The van der Waals surface area contributed by atoms with Crippen LogP contribution >= 0.6 is 0 Å². The normalized spacial score (nSPS) is 28.5. The molecule has 2 saturated carbocycles. The van der Waals surface area contributed by atoms with Crippen molar-refractivity contribution >= 4 is 17.6 Å². The van der Waals surface area contributed by atoms with Gasteiger partial charge in [-0.25, -0.2) is 14.1 Å². The van der Waals surface area contributed by atoms with Gasteiger partial charge in [0.05, 0.1) is 5.69 Å². The molecule has 9 nitrogen and oxygen atoms in total. The van der Waals surface area contributed by atoms with E-state index in [1.54, 1.807) is 23.6 Å². The van der Waals surface area contributed by atoms with Gasteiger partial charge < -0.3 is 5.32 Å². The lowest BCUT2D eigenvalue weighted by Gasteiger charge is -2.19. The zero-order valence-electron chi connectivity index (χ0n) is 17.9. The zero-order chi connectivity index (χ0) is 21.8. The number of likely N-dealkylation sites (N-methyl/N-ethyl adjacent to an activating group) is 1. The molecule has 2 unspecified atom stereocenters. The molecule has 1 aliphatic heterocycles. The number of amides is 2. The molecule has 2 aromatic heterocycles. The Labute approximate surface area is 180 Å². The number of anilines is 1. The standard InChI is InChI=1S/C21H28FN7O2/c1-21(22)7-5-13(10-21)11-28-12-23-18(26-28)19(30)24-15-6-8-29-17(27(2)20(15)31)9-16(25-29)14-3-4-14/h9,12-15H,3-8,10-11H2,1-2H3,(H,24,30)/t13?,15-,21?/m0/s1. The van der Waals surface area contributed by atoms with Gasteiger partial charge in [-0.05, 0) is 51.4 Å². The largest absolute Gasteiger partial charge is 0.337 e. The summed E-state index contributed by atoms with van der Waals surface area (Å²) in [5, 5.41) is 11.7. The third-order valence-corrected chi connectivity index (χ3v) is 6.65. The number of rotatable bonds is 5. The first-order chi connectivity index (χ1) is 14.8. The minimum atomic E-state index is -1.12.